The highest BCUT2D eigenvalue weighted by atomic mass is 79.9. The largest absolute Gasteiger partial charge is 0.437 e. The molecule has 24 heavy (non-hydrogen) atoms. The lowest BCUT2D eigenvalue weighted by molar-refractivity contribution is 0.590. The standard InChI is InChI=1S/C20H15BrClNO/c1-3-8-14(9-4-2)19-16(13-10-6-5-7-11-13)17-18(22)15(21)12-23-20(17)24-19/h3-12H,1H2,2H3/b9-4-,14-8+. The Bertz CT molecular complexity index is 955. The Labute approximate surface area is 154 Å². The third kappa shape index (κ3) is 2.97. The predicted molar refractivity (Wildman–Crippen MR) is 105 cm³/mol. The number of rotatable bonds is 4. The molecule has 2 aromatic heterocycles. The molecular formula is C20H15BrClNO. The molecule has 0 amide bonds. The topological polar surface area (TPSA) is 26.0 Å². The second-order valence-electron chi connectivity index (χ2n) is 5.13. The smallest absolute Gasteiger partial charge is 0.228 e. The molecule has 0 atom stereocenters. The van der Waals surface area contributed by atoms with E-state index in [9.17, 15) is 0 Å². The summed E-state index contributed by atoms with van der Waals surface area (Å²) in [5.41, 5.74) is 3.37. The summed E-state index contributed by atoms with van der Waals surface area (Å²) < 4.78 is 6.81. The summed E-state index contributed by atoms with van der Waals surface area (Å²) in [6, 6.07) is 10.0. The summed E-state index contributed by atoms with van der Waals surface area (Å²) in [7, 11) is 0. The van der Waals surface area contributed by atoms with Gasteiger partial charge >= 0.3 is 0 Å². The van der Waals surface area contributed by atoms with E-state index >= 15 is 0 Å². The fourth-order valence-corrected chi connectivity index (χ4v) is 3.13. The van der Waals surface area contributed by atoms with Gasteiger partial charge in [-0.1, -0.05) is 72.8 Å². The third-order valence-corrected chi connectivity index (χ3v) is 4.80. The van der Waals surface area contributed by atoms with Gasteiger partial charge in [0, 0.05) is 17.3 Å². The van der Waals surface area contributed by atoms with Crippen LogP contribution >= 0.6 is 27.5 Å². The van der Waals surface area contributed by atoms with Gasteiger partial charge in [0.2, 0.25) is 5.71 Å². The molecule has 1 aromatic carbocycles. The minimum Gasteiger partial charge on any atom is -0.437 e. The van der Waals surface area contributed by atoms with E-state index in [1.54, 1.807) is 12.3 Å². The van der Waals surface area contributed by atoms with Crippen LogP contribution in [0.4, 0.5) is 0 Å². The number of halogens is 2. The van der Waals surface area contributed by atoms with Crippen molar-refractivity contribution in [3.8, 4) is 11.1 Å². The van der Waals surface area contributed by atoms with Crippen LogP contribution in [0.2, 0.25) is 5.02 Å². The Morgan fingerprint density at radius 1 is 1.29 bits per heavy atom. The molecule has 3 aromatic rings. The minimum absolute atomic E-state index is 0.511. The Balaban J connectivity index is 2.44. The fourth-order valence-electron chi connectivity index (χ4n) is 2.60. The van der Waals surface area contributed by atoms with Gasteiger partial charge in [-0.05, 0) is 28.4 Å². The number of nitrogens with zero attached hydrogens (tertiary/aromatic N) is 1. The van der Waals surface area contributed by atoms with Gasteiger partial charge in [-0.15, -0.1) is 0 Å². The maximum absolute atomic E-state index is 6.55. The quantitative estimate of drug-likeness (QED) is 0.438. The number of hydrogen-bond donors (Lipinski definition) is 0. The van der Waals surface area contributed by atoms with Crippen molar-refractivity contribution in [3.05, 3.63) is 82.7 Å². The lowest BCUT2D eigenvalue weighted by Crippen LogP contribution is -1.85. The Morgan fingerprint density at radius 2 is 2.04 bits per heavy atom. The van der Waals surface area contributed by atoms with Gasteiger partial charge in [0.15, 0.2) is 0 Å². The second-order valence-corrected chi connectivity index (χ2v) is 6.36. The molecule has 120 valence electrons. The van der Waals surface area contributed by atoms with E-state index in [1.807, 2.05) is 55.5 Å². The monoisotopic (exact) mass is 399 g/mol. The van der Waals surface area contributed by atoms with Gasteiger partial charge in [0.1, 0.15) is 5.76 Å². The average Bonchev–Trinajstić information content (AvgIpc) is 2.99. The molecule has 3 rings (SSSR count). The molecule has 0 N–H and O–H groups in total. The van der Waals surface area contributed by atoms with Crippen molar-refractivity contribution in [2.75, 3.05) is 0 Å². The maximum atomic E-state index is 6.55. The maximum Gasteiger partial charge on any atom is 0.228 e. The first kappa shape index (κ1) is 16.7. The van der Waals surface area contributed by atoms with E-state index in [4.69, 9.17) is 16.0 Å². The number of aromatic nitrogens is 1. The van der Waals surface area contributed by atoms with Crippen LogP contribution in [0.1, 0.15) is 12.7 Å². The van der Waals surface area contributed by atoms with Crippen LogP contribution in [0.5, 0.6) is 0 Å². The van der Waals surface area contributed by atoms with Gasteiger partial charge in [-0.25, -0.2) is 4.98 Å². The molecule has 0 fully saturated rings. The lowest BCUT2D eigenvalue weighted by Gasteiger charge is -2.05. The summed E-state index contributed by atoms with van der Waals surface area (Å²) in [5.74, 6) is 0.724. The van der Waals surface area contributed by atoms with E-state index in [2.05, 4.69) is 27.5 Å². The number of allylic oxidation sites excluding steroid dienone is 5. The van der Waals surface area contributed by atoms with Crippen LogP contribution in [0.25, 0.3) is 27.8 Å². The zero-order valence-electron chi connectivity index (χ0n) is 13.1. The van der Waals surface area contributed by atoms with Crippen molar-refractivity contribution >= 4 is 44.2 Å². The summed E-state index contributed by atoms with van der Waals surface area (Å²) in [6.07, 6.45) is 9.24. The highest BCUT2D eigenvalue weighted by molar-refractivity contribution is 9.10. The molecule has 0 radical (unpaired) electrons. The summed E-state index contributed by atoms with van der Waals surface area (Å²) >= 11 is 10.00. The first-order valence-electron chi connectivity index (χ1n) is 7.45. The average molecular weight is 401 g/mol. The molecule has 0 aliphatic heterocycles. The molecule has 0 spiro atoms. The molecule has 0 unspecified atom stereocenters. The summed E-state index contributed by atoms with van der Waals surface area (Å²) in [4.78, 5) is 4.38. The van der Waals surface area contributed by atoms with Gasteiger partial charge in [-0.3, -0.25) is 0 Å². The van der Waals surface area contributed by atoms with Crippen molar-refractivity contribution < 1.29 is 4.42 Å². The molecule has 0 aliphatic rings. The molecule has 0 saturated heterocycles. The number of benzene rings is 1. The molecule has 0 saturated carbocycles. The number of pyridine rings is 1. The predicted octanol–water partition coefficient (Wildman–Crippen LogP) is 7.06. The van der Waals surface area contributed by atoms with Gasteiger partial charge in [0.05, 0.1) is 14.9 Å². The van der Waals surface area contributed by atoms with Crippen LogP contribution in [0.15, 0.2) is 76.3 Å². The Kier molecular flexibility index (Phi) is 5.03. The summed E-state index contributed by atoms with van der Waals surface area (Å²) in [5, 5.41) is 1.39. The van der Waals surface area contributed by atoms with Crippen molar-refractivity contribution in [2.24, 2.45) is 0 Å². The van der Waals surface area contributed by atoms with Crippen molar-refractivity contribution in [1.29, 1.82) is 0 Å². The SMILES string of the molecule is C=C/C=C(\C=C/C)c1oc2ncc(Br)c(Cl)c2c1-c1ccccc1. The van der Waals surface area contributed by atoms with Crippen LogP contribution in [0, 0.1) is 0 Å². The molecule has 0 bridgehead atoms. The number of hydrogen-bond acceptors (Lipinski definition) is 2. The molecule has 2 nitrogen and oxygen atoms in total. The Hall–Kier alpha value is -2.10. The number of furan rings is 1. The highest BCUT2D eigenvalue weighted by Gasteiger charge is 2.22. The van der Waals surface area contributed by atoms with Crippen LogP contribution in [-0.2, 0) is 0 Å². The highest BCUT2D eigenvalue weighted by Crippen LogP contribution is 2.43. The zero-order valence-corrected chi connectivity index (χ0v) is 15.4. The van der Waals surface area contributed by atoms with Crippen LogP contribution in [0.3, 0.4) is 0 Å². The van der Waals surface area contributed by atoms with E-state index < -0.39 is 0 Å². The second kappa shape index (κ2) is 7.20. The van der Waals surface area contributed by atoms with Crippen molar-refractivity contribution in [3.63, 3.8) is 0 Å². The zero-order chi connectivity index (χ0) is 17.1. The van der Waals surface area contributed by atoms with Crippen LogP contribution < -0.4 is 0 Å². The first-order valence-corrected chi connectivity index (χ1v) is 8.62. The van der Waals surface area contributed by atoms with Crippen molar-refractivity contribution in [2.45, 2.75) is 6.92 Å². The molecule has 0 aliphatic carbocycles. The van der Waals surface area contributed by atoms with Crippen molar-refractivity contribution in [1.82, 2.24) is 4.98 Å². The molecular weight excluding hydrogens is 386 g/mol. The lowest BCUT2D eigenvalue weighted by atomic mass is 9.99. The molecule has 4 heteroatoms. The van der Waals surface area contributed by atoms with Gasteiger partial charge < -0.3 is 4.42 Å². The van der Waals surface area contributed by atoms with E-state index in [-0.39, 0.29) is 0 Å². The van der Waals surface area contributed by atoms with E-state index in [0.29, 0.717) is 10.7 Å². The number of fused-ring (bicyclic) bond motifs is 1. The van der Waals surface area contributed by atoms with E-state index in [1.165, 1.54) is 0 Å². The normalized spacial score (nSPS) is 12.2. The third-order valence-electron chi connectivity index (χ3n) is 3.58. The minimum atomic E-state index is 0.511. The first-order chi connectivity index (χ1) is 11.7. The van der Waals surface area contributed by atoms with E-state index in [0.717, 1.165) is 32.3 Å². The fraction of sp³-hybridized carbons (Fsp3) is 0.0500. The van der Waals surface area contributed by atoms with Gasteiger partial charge in [0.25, 0.3) is 0 Å². The van der Waals surface area contributed by atoms with Gasteiger partial charge in [-0.2, -0.15) is 0 Å². The molecule has 2 heterocycles. The Morgan fingerprint density at radius 3 is 2.71 bits per heavy atom. The van der Waals surface area contributed by atoms with Crippen LogP contribution in [-0.4, -0.2) is 4.98 Å². The summed E-state index contributed by atoms with van der Waals surface area (Å²) in [6.45, 7) is 5.76.